The highest BCUT2D eigenvalue weighted by atomic mass is 16.5. The fraction of sp³-hybridized carbons (Fsp3) is 0.375. The lowest BCUT2D eigenvalue weighted by Gasteiger charge is -2.20. The maximum atomic E-state index is 13.2. The molecule has 22 heavy (non-hydrogen) atoms. The van der Waals surface area contributed by atoms with E-state index in [-0.39, 0.29) is 12.5 Å². The Bertz CT molecular complexity index is 812. The molecule has 1 aromatic heterocycles. The van der Waals surface area contributed by atoms with Crippen LogP contribution in [0.25, 0.3) is 0 Å². The molecule has 0 aliphatic carbocycles. The Labute approximate surface area is 126 Å². The van der Waals surface area contributed by atoms with Gasteiger partial charge in [-0.15, -0.1) is 0 Å². The number of carbonyl (C=O) groups is 1. The Morgan fingerprint density at radius 3 is 3.14 bits per heavy atom. The highest BCUT2D eigenvalue weighted by Crippen LogP contribution is 2.55. The summed E-state index contributed by atoms with van der Waals surface area (Å²) >= 11 is 0. The molecule has 0 saturated heterocycles. The van der Waals surface area contributed by atoms with Crippen molar-refractivity contribution in [2.75, 3.05) is 24.7 Å². The van der Waals surface area contributed by atoms with Gasteiger partial charge in [-0.25, -0.2) is 0 Å². The van der Waals surface area contributed by atoms with Crippen molar-refractivity contribution in [1.82, 2.24) is 4.98 Å². The van der Waals surface area contributed by atoms with Crippen LogP contribution in [0.1, 0.15) is 23.6 Å². The molecule has 0 N–H and O–H groups in total. The number of anilines is 1. The molecular formula is C16H14N2O4. The van der Waals surface area contributed by atoms with Gasteiger partial charge in [0.25, 0.3) is 5.88 Å². The first-order valence-electron chi connectivity index (χ1n) is 7.41. The van der Waals surface area contributed by atoms with Gasteiger partial charge in [-0.3, -0.25) is 4.79 Å². The van der Waals surface area contributed by atoms with Crippen molar-refractivity contribution in [3.8, 4) is 11.6 Å². The molecule has 1 aromatic carbocycles. The molecule has 0 radical (unpaired) electrons. The average molecular weight is 298 g/mol. The zero-order chi connectivity index (χ0) is 14.9. The smallest absolute Gasteiger partial charge is 0.258 e. The van der Waals surface area contributed by atoms with E-state index in [1.54, 1.807) is 6.92 Å². The molecule has 4 heterocycles. The summed E-state index contributed by atoms with van der Waals surface area (Å²) in [6, 6.07) is 5.78. The number of carbonyl (C=O) groups excluding carboxylic acids is 1. The van der Waals surface area contributed by atoms with Gasteiger partial charge in [-0.1, -0.05) is 12.1 Å². The number of para-hydroxylation sites is 1. The number of amides is 1. The van der Waals surface area contributed by atoms with Gasteiger partial charge >= 0.3 is 0 Å². The Balaban J connectivity index is 1.82. The van der Waals surface area contributed by atoms with Gasteiger partial charge in [-0.05, 0) is 12.5 Å². The van der Waals surface area contributed by atoms with E-state index >= 15 is 0 Å². The second-order valence-electron chi connectivity index (χ2n) is 5.87. The first-order chi connectivity index (χ1) is 10.7. The number of oxazole rings is 1. The van der Waals surface area contributed by atoms with E-state index < -0.39 is 5.41 Å². The van der Waals surface area contributed by atoms with Crippen LogP contribution in [-0.4, -0.2) is 30.6 Å². The first kappa shape index (κ1) is 12.1. The lowest BCUT2D eigenvalue weighted by atomic mass is 9.81. The van der Waals surface area contributed by atoms with Gasteiger partial charge in [0.15, 0.2) is 17.1 Å². The van der Waals surface area contributed by atoms with Crippen molar-refractivity contribution in [2.45, 2.75) is 18.8 Å². The molecule has 112 valence electrons. The van der Waals surface area contributed by atoms with Gasteiger partial charge in [0.2, 0.25) is 5.91 Å². The lowest BCUT2D eigenvalue weighted by Crippen LogP contribution is -2.42. The van der Waals surface area contributed by atoms with Crippen LogP contribution in [-0.2, 0) is 10.2 Å². The third-order valence-corrected chi connectivity index (χ3v) is 4.64. The normalized spacial score (nSPS) is 24.8. The molecule has 0 bridgehead atoms. The SMILES string of the molecule is Cc1nc2c(o1)C1(CO2)C(=O)N2CCCOc3cccc1c32. The fourth-order valence-corrected chi connectivity index (χ4v) is 3.70. The van der Waals surface area contributed by atoms with E-state index in [1.807, 2.05) is 23.1 Å². The molecule has 6 nitrogen and oxygen atoms in total. The molecule has 1 spiro atoms. The number of aromatic nitrogens is 1. The summed E-state index contributed by atoms with van der Waals surface area (Å²) in [7, 11) is 0. The summed E-state index contributed by atoms with van der Waals surface area (Å²) in [4.78, 5) is 19.3. The number of benzene rings is 1. The van der Waals surface area contributed by atoms with Crippen LogP contribution in [0.2, 0.25) is 0 Å². The number of hydrogen-bond donors (Lipinski definition) is 0. The van der Waals surface area contributed by atoms with Gasteiger partial charge in [-0.2, -0.15) is 4.98 Å². The zero-order valence-electron chi connectivity index (χ0n) is 12.1. The number of aryl methyl sites for hydroxylation is 1. The van der Waals surface area contributed by atoms with E-state index in [0.29, 0.717) is 30.7 Å². The van der Waals surface area contributed by atoms with E-state index in [2.05, 4.69) is 4.98 Å². The fourth-order valence-electron chi connectivity index (χ4n) is 3.70. The largest absolute Gasteiger partial charge is 0.491 e. The second kappa shape index (κ2) is 3.82. The van der Waals surface area contributed by atoms with E-state index in [4.69, 9.17) is 13.9 Å². The Hall–Kier alpha value is -2.50. The molecule has 0 fully saturated rings. The Kier molecular flexibility index (Phi) is 2.10. The van der Waals surface area contributed by atoms with Crippen LogP contribution < -0.4 is 14.4 Å². The van der Waals surface area contributed by atoms with Gasteiger partial charge < -0.3 is 18.8 Å². The molecule has 2 aromatic rings. The van der Waals surface area contributed by atoms with Crippen LogP contribution in [0.15, 0.2) is 22.6 Å². The van der Waals surface area contributed by atoms with Crippen molar-refractivity contribution in [1.29, 1.82) is 0 Å². The highest BCUT2D eigenvalue weighted by Gasteiger charge is 2.61. The van der Waals surface area contributed by atoms with E-state index in [1.165, 1.54) is 0 Å². The minimum absolute atomic E-state index is 0.00431. The quantitative estimate of drug-likeness (QED) is 0.742. The number of ether oxygens (including phenoxy) is 2. The predicted molar refractivity (Wildman–Crippen MR) is 76.4 cm³/mol. The minimum Gasteiger partial charge on any atom is -0.491 e. The third-order valence-electron chi connectivity index (χ3n) is 4.64. The Morgan fingerprint density at radius 1 is 1.32 bits per heavy atom. The average Bonchev–Trinajstić information content (AvgIpc) is 3.04. The van der Waals surface area contributed by atoms with Crippen LogP contribution in [0.3, 0.4) is 0 Å². The molecule has 6 heteroatoms. The summed E-state index contributed by atoms with van der Waals surface area (Å²) in [6.07, 6.45) is 0.805. The molecule has 0 saturated carbocycles. The molecule has 1 atom stereocenters. The standard InChI is InChI=1S/C16H14N2O4/c1-9-17-14-13(22-9)16(8-21-14)10-4-2-5-11-12(10)18(15(16)19)6-3-7-20-11/h2,4-5H,3,6-8H2,1H3. The summed E-state index contributed by atoms with van der Waals surface area (Å²) in [5.41, 5.74) is 0.838. The molecule has 1 amide bonds. The maximum Gasteiger partial charge on any atom is 0.258 e. The van der Waals surface area contributed by atoms with Gasteiger partial charge in [0.05, 0.1) is 12.3 Å². The number of nitrogens with zero attached hydrogens (tertiary/aromatic N) is 2. The molecule has 5 rings (SSSR count). The van der Waals surface area contributed by atoms with Gasteiger partial charge in [0.1, 0.15) is 12.4 Å². The van der Waals surface area contributed by atoms with Crippen molar-refractivity contribution in [3.05, 3.63) is 35.4 Å². The zero-order valence-corrected chi connectivity index (χ0v) is 12.1. The second-order valence-corrected chi connectivity index (χ2v) is 5.87. The topological polar surface area (TPSA) is 64.8 Å². The molecule has 3 aliphatic heterocycles. The van der Waals surface area contributed by atoms with Crippen molar-refractivity contribution < 1.29 is 18.7 Å². The van der Waals surface area contributed by atoms with Crippen molar-refractivity contribution in [3.63, 3.8) is 0 Å². The number of fused-ring (bicyclic) bond motifs is 3. The molecular weight excluding hydrogens is 284 g/mol. The summed E-state index contributed by atoms with van der Waals surface area (Å²) in [5.74, 6) is 2.22. The number of rotatable bonds is 0. The van der Waals surface area contributed by atoms with Crippen LogP contribution in [0.5, 0.6) is 11.6 Å². The van der Waals surface area contributed by atoms with E-state index in [9.17, 15) is 4.79 Å². The molecule has 3 aliphatic rings. The lowest BCUT2D eigenvalue weighted by molar-refractivity contribution is -0.122. The van der Waals surface area contributed by atoms with Crippen molar-refractivity contribution in [2.24, 2.45) is 0 Å². The molecule has 1 unspecified atom stereocenters. The maximum absolute atomic E-state index is 13.2. The minimum atomic E-state index is -0.914. The Morgan fingerprint density at radius 2 is 2.23 bits per heavy atom. The summed E-state index contributed by atoms with van der Waals surface area (Å²) < 4.78 is 17.2. The van der Waals surface area contributed by atoms with E-state index in [0.717, 1.165) is 23.4 Å². The van der Waals surface area contributed by atoms with Crippen LogP contribution in [0.4, 0.5) is 5.69 Å². The van der Waals surface area contributed by atoms with Crippen LogP contribution >= 0.6 is 0 Å². The summed E-state index contributed by atoms with van der Waals surface area (Å²) in [6.45, 7) is 3.26. The van der Waals surface area contributed by atoms with Gasteiger partial charge in [0, 0.05) is 19.0 Å². The predicted octanol–water partition coefficient (Wildman–Crippen LogP) is 1.79. The highest BCUT2D eigenvalue weighted by molar-refractivity contribution is 6.12. The monoisotopic (exact) mass is 298 g/mol. The summed E-state index contributed by atoms with van der Waals surface area (Å²) in [5, 5.41) is 0. The number of hydrogen-bond acceptors (Lipinski definition) is 5. The van der Waals surface area contributed by atoms with Crippen LogP contribution in [0, 0.1) is 6.92 Å². The first-order valence-corrected chi connectivity index (χ1v) is 7.41. The van der Waals surface area contributed by atoms with Crippen molar-refractivity contribution >= 4 is 11.6 Å². The third kappa shape index (κ3) is 1.22.